The predicted octanol–water partition coefficient (Wildman–Crippen LogP) is 6.87. The van der Waals surface area contributed by atoms with Crippen LogP contribution in [0.4, 0.5) is 5.69 Å². The lowest BCUT2D eigenvalue weighted by molar-refractivity contribution is 0.0984. The topological polar surface area (TPSA) is 40.6 Å². The number of hydrogen-bond acceptors (Lipinski definition) is 3. The van der Waals surface area contributed by atoms with Crippen molar-refractivity contribution in [1.82, 2.24) is 4.90 Å². The summed E-state index contributed by atoms with van der Waals surface area (Å²) in [5, 5.41) is 0. The highest BCUT2D eigenvalue weighted by Crippen LogP contribution is 2.30. The third-order valence-corrected chi connectivity index (χ3v) is 7.44. The number of aryl methyl sites for hydroxylation is 1. The number of likely N-dealkylation sites (tertiary alicyclic amines) is 1. The molecule has 0 bridgehead atoms. The van der Waals surface area contributed by atoms with Gasteiger partial charge in [-0.15, -0.1) is 11.6 Å². The van der Waals surface area contributed by atoms with Crippen molar-refractivity contribution < 1.29 is 9.59 Å². The summed E-state index contributed by atoms with van der Waals surface area (Å²) in [4.78, 5) is 30.3. The molecule has 2 aliphatic heterocycles. The van der Waals surface area contributed by atoms with Gasteiger partial charge < -0.3 is 9.80 Å². The molecule has 3 aromatic carbocycles. The summed E-state index contributed by atoms with van der Waals surface area (Å²) < 4.78 is 0. The van der Waals surface area contributed by atoms with Gasteiger partial charge in [-0.25, -0.2) is 0 Å². The maximum atomic E-state index is 13.4. The molecule has 0 aromatic heterocycles. The van der Waals surface area contributed by atoms with Gasteiger partial charge in [-0.3, -0.25) is 9.59 Å². The summed E-state index contributed by atoms with van der Waals surface area (Å²) in [5.74, 6) is 0.501. The maximum Gasteiger partial charge on any atom is 0.258 e. The molecule has 0 atom stereocenters. The van der Waals surface area contributed by atoms with Crippen molar-refractivity contribution in [3.05, 3.63) is 101 Å². The summed E-state index contributed by atoms with van der Waals surface area (Å²) in [6.07, 6.45) is 9.01. The first-order chi connectivity index (χ1) is 17.6. The second kappa shape index (κ2) is 11.1. The molecule has 0 aliphatic carbocycles. The number of rotatable bonds is 6. The van der Waals surface area contributed by atoms with Gasteiger partial charge in [-0.2, -0.15) is 0 Å². The van der Waals surface area contributed by atoms with Gasteiger partial charge in [0, 0.05) is 54.6 Å². The van der Waals surface area contributed by atoms with Crippen molar-refractivity contribution in [1.29, 1.82) is 0 Å². The standard InChI is InChI=1S/C31H31ClN2O2/c32-22-23-6-8-24(9-7-23)25-10-12-26(13-11-25)31(36)34-19-4-5-27-21-28(14-15-29(27)34)30(35)16-20-33-17-2-1-3-18-33/h6-16,20-21H,1-5,17-19,22H2/b20-16+. The third kappa shape index (κ3) is 5.39. The first-order valence-corrected chi connectivity index (χ1v) is 13.3. The smallest absolute Gasteiger partial charge is 0.258 e. The van der Waals surface area contributed by atoms with Crippen molar-refractivity contribution in [2.45, 2.75) is 38.0 Å². The van der Waals surface area contributed by atoms with Gasteiger partial charge in [0.15, 0.2) is 5.78 Å². The third-order valence-electron chi connectivity index (χ3n) is 7.13. The number of carbonyl (C=O) groups is 2. The van der Waals surface area contributed by atoms with Crippen LogP contribution in [0, 0.1) is 0 Å². The molecule has 0 N–H and O–H groups in total. The number of fused-ring (bicyclic) bond motifs is 1. The van der Waals surface area contributed by atoms with E-state index in [1.165, 1.54) is 19.3 Å². The van der Waals surface area contributed by atoms with Crippen LogP contribution in [0.1, 0.15) is 57.5 Å². The predicted molar refractivity (Wildman–Crippen MR) is 147 cm³/mol. The van der Waals surface area contributed by atoms with Crippen LogP contribution in [0.3, 0.4) is 0 Å². The van der Waals surface area contributed by atoms with Crippen LogP contribution in [0.2, 0.25) is 0 Å². The molecule has 0 radical (unpaired) electrons. The van der Waals surface area contributed by atoms with Gasteiger partial charge in [0.1, 0.15) is 0 Å². The number of halogens is 1. The van der Waals surface area contributed by atoms with Crippen LogP contribution in [0.25, 0.3) is 11.1 Å². The molecule has 2 aliphatic rings. The van der Waals surface area contributed by atoms with Crippen LogP contribution < -0.4 is 4.90 Å². The molecule has 2 heterocycles. The van der Waals surface area contributed by atoms with Gasteiger partial charge in [0.05, 0.1) is 0 Å². The minimum absolute atomic E-state index is 0.0101. The van der Waals surface area contributed by atoms with Gasteiger partial charge >= 0.3 is 0 Å². The molecule has 5 heteroatoms. The molecule has 1 amide bonds. The molecule has 36 heavy (non-hydrogen) atoms. The Kier molecular flexibility index (Phi) is 7.52. The molecule has 0 unspecified atom stereocenters. The first kappa shape index (κ1) is 24.3. The molecule has 0 saturated carbocycles. The average molecular weight is 499 g/mol. The van der Waals surface area contributed by atoms with Gasteiger partial charge in [-0.05, 0) is 84.7 Å². The van der Waals surface area contributed by atoms with E-state index in [-0.39, 0.29) is 11.7 Å². The number of allylic oxidation sites excluding steroid dienone is 1. The molecule has 184 valence electrons. The Hall–Kier alpha value is -3.37. The minimum Gasteiger partial charge on any atom is -0.377 e. The number of nitrogens with zero attached hydrogens (tertiary/aromatic N) is 2. The fourth-order valence-electron chi connectivity index (χ4n) is 5.05. The Morgan fingerprint density at radius 2 is 1.44 bits per heavy atom. The fourth-order valence-corrected chi connectivity index (χ4v) is 5.22. The van der Waals surface area contributed by atoms with Crippen LogP contribution in [0.5, 0.6) is 0 Å². The summed E-state index contributed by atoms with van der Waals surface area (Å²) in [6.45, 7) is 2.72. The monoisotopic (exact) mass is 498 g/mol. The van der Waals surface area contributed by atoms with Gasteiger partial charge in [0.2, 0.25) is 0 Å². The Morgan fingerprint density at radius 1 is 0.778 bits per heavy atom. The summed E-state index contributed by atoms with van der Waals surface area (Å²) >= 11 is 5.89. The van der Waals surface area contributed by atoms with E-state index in [0.29, 0.717) is 23.6 Å². The highest BCUT2D eigenvalue weighted by Gasteiger charge is 2.24. The molecular weight excluding hydrogens is 468 g/mol. The second-order valence-corrected chi connectivity index (χ2v) is 9.86. The number of amides is 1. The Bertz CT molecular complexity index is 1260. The quantitative estimate of drug-likeness (QED) is 0.211. The second-order valence-electron chi connectivity index (χ2n) is 9.59. The highest BCUT2D eigenvalue weighted by atomic mass is 35.5. The van der Waals surface area contributed by atoms with E-state index < -0.39 is 0 Å². The number of alkyl halides is 1. The lowest BCUT2D eigenvalue weighted by Gasteiger charge is -2.30. The van der Waals surface area contributed by atoms with Crippen LogP contribution in [-0.2, 0) is 12.3 Å². The molecule has 1 fully saturated rings. The maximum absolute atomic E-state index is 13.4. The van der Waals surface area contributed by atoms with Crippen molar-refractivity contribution in [3.8, 4) is 11.1 Å². The summed E-state index contributed by atoms with van der Waals surface area (Å²) in [5.41, 5.74) is 6.55. The molecule has 3 aromatic rings. The van der Waals surface area contributed by atoms with Crippen molar-refractivity contribution in [2.75, 3.05) is 24.5 Å². The summed E-state index contributed by atoms with van der Waals surface area (Å²) in [6, 6.07) is 21.7. The average Bonchev–Trinajstić information content (AvgIpc) is 2.95. The van der Waals surface area contributed by atoms with E-state index >= 15 is 0 Å². The van der Waals surface area contributed by atoms with E-state index in [0.717, 1.165) is 53.9 Å². The SMILES string of the molecule is O=C(/C=C/N1CCCCC1)c1ccc2c(c1)CCCN2C(=O)c1ccc(-c2ccc(CCl)cc2)cc1. The van der Waals surface area contributed by atoms with E-state index in [9.17, 15) is 9.59 Å². The minimum atomic E-state index is -0.0101. The molecule has 1 saturated heterocycles. The molecule has 4 nitrogen and oxygen atoms in total. The van der Waals surface area contributed by atoms with Crippen LogP contribution in [-0.4, -0.2) is 36.2 Å². The zero-order valence-electron chi connectivity index (χ0n) is 20.5. The Morgan fingerprint density at radius 3 is 2.14 bits per heavy atom. The Labute approximate surface area is 218 Å². The van der Waals surface area contributed by atoms with E-state index in [2.05, 4.69) is 17.0 Å². The van der Waals surface area contributed by atoms with Crippen molar-refractivity contribution in [3.63, 3.8) is 0 Å². The normalized spacial score (nSPS) is 15.7. The first-order valence-electron chi connectivity index (χ1n) is 12.8. The fraction of sp³-hybridized carbons (Fsp3) is 0.290. The lowest BCUT2D eigenvalue weighted by Crippen LogP contribution is -2.35. The molecule has 0 spiro atoms. The van der Waals surface area contributed by atoms with Gasteiger partial charge in [-0.1, -0.05) is 36.4 Å². The number of ketones is 1. The van der Waals surface area contributed by atoms with Crippen molar-refractivity contribution in [2.24, 2.45) is 0 Å². The van der Waals surface area contributed by atoms with Crippen molar-refractivity contribution >= 4 is 29.0 Å². The number of hydrogen-bond donors (Lipinski definition) is 0. The van der Waals surface area contributed by atoms with E-state index in [1.807, 2.05) is 65.7 Å². The van der Waals surface area contributed by atoms with Gasteiger partial charge in [0.25, 0.3) is 5.91 Å². The lowest BCUT2D eigenvalue weighted by atomic mass is 9.96. The molecular formula is C31H31ClN2O2. The number of anilines is 1. The van der Waals surface area contributed by atoms with Crippen LogP contribution in [0.15, 0.2) is 79.0 Å². The Balaban J connectivity index is 1.30. The number of carbonyl (C=O) groups excluding carboxylic acids is 2. The largest absolute Gasteiger partial charge is 0.377 e. The summed E-state index contributed by atoms with van der Waals surface area (Å²) in [7, 11) is 0. The zero-order chi connectivity index (χ0) is 24.9. The van der Waals surface area contributed by atoms with E-state index in [4.69, 9.17) is 11.6 Å². The van der Waals surface area contributed by atoms with E-state index in [1.54, 1.807) is 6.08 Å². The van der Waals surface area contributed by atoms with Crippen LogP contribution >= 0.6 is 11.6 Å². The number of piperidine rings is 1. The molecule has 5 rings (SSSR count). The number of benzene rings is 3. The highest BCUT2D eigenvalue weighted by molar-refractivity contribution is 6.17. The zero-order valence-corrected chi connectivity index (χ0v) is 21.2.